The van der Waals surface area contributed by atoms with Gasteiger partial charge in [0.2, 0.25) is 0 Å². The second-order valence-corrected chi connectivity index (χ2v) is 8.65. The number of amides is 1. The molecule has 2 atom stereocenters. The van der Waals surface area contributed by atoms with E-state index in [0.29, 0.717) is 23.0 Å². The molecule has 2 fully saturated rings. The van der Waals surface area contributed by atoms with Crippen LogP contribution in [0.2, 0.25) is 0 Å². The van der Waals surface area contributed by atoms with Gasteiger partial charge >= 0.3 is 5.92 Å². The zero-order chi connectivity index (χ0) is 25.2. The van der Waals surface area contributed by atoms with E-state index in [0.717, 1.165) is 23.4 Å². The fourth-order valence-electron chi connectivity index (χ4n) is 3.86. The second kappa shape index (κ2) is 9.93. The van der Waals surface area contributed by atoms with Crippen LogP contribution >= 0.6 is 0 Å². The molecule has 0 spiro atoms. The lowest BCUT2D eigenvalue weighted by molar-refractivity contribution is -0.167. The van der Waals surface area contributed by atoms with Crippen LogP contribution in [-0.4, -0.2) is 68.8 Å². The van der Waals surface area contributed by atoms with Gasteiger partial charge < -0.3 is 25.2 Å². The first-order valence-electron chi connectivity index (χ1n) is 11.2. The fourth-order valence-corrected chi connectivity index (χ4v) is 3.86. The summed E-state index contributed by atoms with van der Waals surface area (Å²) in [6.45, 7) is 2.11. The first-order valence-corrected chi connectivity index (χ1v) is 11.2. The molecular formula is C24H25F2N5O4. The Morgan fingerprint density at radius 1 is 1.34 bits per heavy atom. The third-order valence-electron chi connectivity index (χ3n) is 5.99. The zero-order valence-corrected chi connectivity index (χ0v) is 18.8. The van der Waals surface area contributed by atoms with Gasteiger partial charge in [-0.1, -0.05) is 6.58 Å². The highest BCUT2D eigenvalue weighted by atomic mass is 19.3. The van der Waals surface area contributed by atoms with E-state index in [1.54, 1.807) is 12.1 Å². The predicted octanol–water partition coefficient (Wildman–Crippen LogP) is 2.32. The average molecular weight is 485 g/mol. The number of nitrogens with one attached hydrogen (secondary N) is 1. The number of aliphatic hydroxyl groups is 2. The van der Waals surface area contributed by atoms with Gasteiger partial charge in [-0.3, -0.25) is 4.79 Å². The van der Waals surface area contributed by atoms with Crippen LogP contribution in [0.1, 0.15) is 24.8 Å². The molecule has 1 amide bonds. The first kappa shape index (κ1) is 24.5. The van der Waals surface area contributed by atoms with Crippen LogP contribution in [-0.2, 0) is 4.79 Å². The number of aromatic nitrogens is 2. The number of rotatable bonds is 8. The number of hydrogen-bond donors (Lipinski definition) is 3. The Bertz CT molecular complexity index is 1160. The molecule has 4 rings (SSSR count). The minimum Gasteiger partial charge on any atom is -0.483 e. The van der Waals surface area contributed by atoms with Gasteiger partial charge in [0.15, 0.2) is 12.2 Å². The summed E-state index contributed by atoms with van der Waals surface area (Å²) >= 11 is 0. The highest BCUT2D eigenvalue weighted by Gasteiger charge is 2.48. The largest absolute Gasteiger partial charge is 0.483 e. The lowest BCUT2D eigenvalue weighted by atomic mass is 10.0. The molecule has 1 aliphatic heterocycles. The highest BCUT2D eigenvalue weighted by molar-refractivity contribution is 5.81. The van der Waals surface area contributed by atoms with E-state index in [4.69, 9.17) is 9.84 Å². The van der Waals surface area contributed by atoms with Crippen molar-refractivity contribution in [3.63, 3.8) is 0 Å². The number of nitriles is 1. The van der Waals surface area contributed by atoms with E-state index in [-0.39, 0.29) is 24.3 Å². The summed E-state index contributed by atoms with van der Waals surface area (Å²) in [5, 5.41) is 31.1. The highest BCUT2D eigenvalue weighted by Crippen LogP contribution is 2.36. The average Bonchev–Trinajstić information content (AvgIpc) is 3.70. The second-order valence-electron chi connectivity index (χ2n) is 8.65. The van der Waals surface area contributed by atoms with Crippen molar-refractivity contribution < 1.29 is 28.5 Å². The number of carbonyl (C=O) groups is 1. The van der Waals surface area contributed by atoms with Gasteiger partial charge in [-0.25, -0.2) is 18.7 Å². The van der Waals surface area contributed by atoms with Gasteiger partial charge in [0.05, 0.1) is 24.4 Å². The SMILES string of the molecule is C=C(Nc1cc(-c2ccc(O[C@H]3CCN(C(=O)[C@@H](O)CO)CC3(F)F)c(C#N)c2)ncn1)C1CC1. The normalized spacial score (nSPS) is 20.0. The maximum Gasteiger partial charge on any atom is 0.301 e. The van der Waals surface area contributed by atoms with Crippen molar-refractivity contribution in [1.82, 2.24) is 14.9 Å². The van der Waals surface area contributed by atoms with Crippen molar-refractivity contribution in [3.05, 3.63) is 48.4 Å². The summed E-state index contributed by atoms with van der Waals surface area (Å²) in [6.07, 6.45) is 0.0442. The number of ether oxygens (including phenoxy) is 1. The van der Waals surface area contributed by atoms with E-state index in [1.165, 1.54) is 18.5 Å². The van der Waals surface area contributed by atoms with Gasteiger partial charge in [0, 0.05) is 30.3 Å². The number of hydrogen-bond acceptors (Lipinski definition) is 8. The molecule has 2 aliphatic rings. The Kier molecular flexibility index (Phi) is 6.95. The molecule has 1 aliphatic carbocycles. The van der Waals surface area contributed by atoms with E-state index in [9.17, 15) is 23.9 Å². The van der Waals surface area contributed by atoms with Gasteiger partial charge in [0.25, 0.3) is 5.91 Å². The van der Waals surface area contributed by atoms with Crippen molar-refractivity contribution in [2.45, 2.75) is 37.4 Å². The Hall–Kier alpha value is -3.62. The van der Waals surface area contributed by atoms with Crippen molar-refractivity contribution in [2.75, 3.05) is 25.0 Å². The molecule has 2 aromatic rings. The molecule has 1 saturated carbocycles. The van der Waals surface area contributed by atoms with Crippen LogP contribution in [0.5, 0.6) is 5.75 Å². The molecule has 0 bridgehead atoms. The molecule has 184 valence electrons. The maximum absolute atomic E-state index is 14.7. The lowest BCUT2D eigenvalue weighted by Crippen LogP contribution is -2.57. The quantitative estimate of drug-likeness (QED) is 0.519. The van der Waals surface area contributed by atoms with E-state index in [2.05, 4.69) is 21.9 Å². The number of carbonyl (C=O) groups excluding carboxylic acids is 1. The number of benzene rings is 1. The number of aliphatic hydroxyl groups excluding tert-OH is 2. The van der Waals surface area contributed by atoms with Crippen LogP contribution in [0.3, 0.4) is 0 Å². The molecule has 1 aromatic carbocycles. The van der Waals surface area contributed by atoms with Crippen LogP contribution in [0.15, 0.2) is 42.9 Å². The number of piperidine rings is 1. The molecule has 9 nitrogen and oxygen atoms in total. The van der Waals surface area contributed by atoms with Crippen LogP contribution in [0.25, 0.3) is 11.3 Å². The van der Waals surface area contributed by atoms with Crippen molar-refractivity contribution in [3.8, 4) is 23.1 Å². The van der Waals surface area contributed by atoms with Gasteiger partial charge in [-0.15, -0.1) is 0 Å². The summed E-state index contributed by atoms with van der Waals surface area (Å²) in [5.74, 6) is -3.39. The van der Waals surface area contributed by atoms with Crippen molar-refractivity contribution >= 4 is 11.7 Å². The number of likely N-dealkylation sites (tertiary alicyclic amines) is 1. The van der Waals surface area contributed by atoms with Crippen LogP contribution in [0.4, 0.5) is 14.6 Å². The van der Waals surface area contributed by atoms with E-state index in [1.807, 2.05) is 6.07 Å². The molecule has 0 unspecified atom stereocenters. The molecule has 11 heteroatoms. The number of anilines is 1. The van der Waals surface area contributed by atoms with Crippen LogP contribution in [0, 0.1) is 17.2 Å². The Morgan fingerprint density at radius 3 is 2.77 bits per heavy atom. The summed E-state index contributed by atoms with van der Waals surface area (Å²) in [4.78, 5) is 21.2. The zero-order valence-electron chi connectivity index (χ0n) is 18.8. The molecule has 1 saturated heterocycles. The van der Waals surface area contributed by atoms with E-state index >= 15 is 0 Å². The number of allylic oxidation sites excluding steroid dienone is 1. The molecule has 0 radical (unpaired) electrons. The van der Waals surface area contributed by atoms with Crippen LogP contribution < -0.4 is 10.1 Å². The summed E-state index contributed by atoms with van der Waals surface area (Å²) in [6, 6.07) is 8.25. The first-order chi connectivity index (χ1) is 16.7. The summed E-state index contributed by atoms with van der Waals surface area (Å²) < 4.78 is 35.0. The number of alkyl halides is 2. The monoisotopic (exact) mass is 485 g/mol. The molecule has 35 heavy (non-hydrogen) atoms. The minimum atomic E-state index is -3.42. The number of nitrogens with zero attached hydrogens (tertiary/aromatic N) is 4. The Balaban J connectivity index is 1.48. The van der Waals surface area contributed by atoms with Gasteiger partial charge in [-0.05, 0) is 37.0 Å². The topological polar surface area (TPSA) is 132 Å². The third kappa shape index (κ3) is 5.55. The summed E-state index contributed by atoms with van der Waals surface area (Å²) in [7, 11) is 0. The standard InChI is InChI=1S/C24H25F2N5O4/c1-14(15-2-3-15)30-22-9-18(28-13-29-22)16-4-5-20(17(8-16)10-27)35-21-6-7-31(12-24(21,25)26)23(34)19(33)11-32/h4-5,8-9,13,15,19,21,32-33H,1-3,6-7,11-12H2,(H,28,29,30)/t19-,21-/m0/s1. The lowest BCUT2D eigenvalue weighted by Gasteiger charge is -2.38. The van der Waals surface area contributed by atoms with E-state index < -0.39 is 37.2 Å². The third-order valence-corrected chi connectivity index (χ3v) is 5.99. The predicted molar refractivity (Wildman–Crippen MR) is 121 cm³/mol. The molecule has 2 heterocycles. The van der Waals surface area contributed by atoms with Crippen molar-refractivity contribution in [1.29, 1.82) is 5.26 Å². The number of halogens is 2. The van der Waals surface area contributed by atoms with Crippen molar-refractivity contribution in [2.24, 2.45) is 5.92 Å². The Labute approximate surface area is 200 Å². The smallest absolute Gasteiger partial charge is 0.301 e. The molecule has 3 N–H and O–H groups in total. The van der Waals surface area contributed by atoms with Gasteiger partial charge in [0.1, 0.15) is 24.0 Å². The summed E-state index contributed by atoms with van der Waals surface area (Å²) in [5.41, 5.74) is 2.06. The Morgan fingerprint density at radius 2 is 2.11 bits per heavy atom. The molecule has 1 aromatic heterocycles. The molecular weight excluding hydrogens is 460 g/mol. The minimum absolute atomic E-state index is 0.00869. The fraction of sp³-hybridized carbons (Fsp3) is 0.417. The van der Waals surface area contributed by atoms with Gasteiger partial charge in [-0.2, -0.15) is 5.26 Å². The maximum atomic E-state index is 14.7.